The molecular weight excluding hydrogens is 206 g/mol. The van der Waals surface area contributed by atoms with Gasteiger partial charge in [-0.1, -0.05) is 6.07 Å². The average Bonchev–Trinajstić information content (AvgIpc) is 2.25. The number of rotatable bonds is 5. The van der Waals surface area contributed by atoms with Crippen molar-refractivity contribution in [1.29, 1.82) is 0 Å². The van der Waals surface area contributed by atoms with E-state index in [1.165, 1.54) is 0 Å². The summed E-state index contributed by atoms with van der Waals surface area (Å²) in [5.74, 6) is 0.828. The number of methoxy groups -OCH3 is 1. The first-order valence-electron chi connectivity index (χ1n) is 5.33. The molecule has 1 aromatic rings. The van der Waals surface area contributed by atoms with Crippen molar-refractivity contribution in [3.05, 3.63) is 23.8 Å². The number of aliphatic hydroxyl groups excluding tert-OH is 1. The molecule has 0 aliphatic heterocycles. The summed E-state index contributed by atoms with van der Waals surface area (Å²) >= 11 is 0. The number of hydrogen-bond donors (Lipinski definition) is 3. The molecule has 4 heteroatoms. The molecule has 1 aromatic carbocycles. The topological polar surface area (TPSA) is 61.7 Å². The van der Waals surface area contributed by atoms with Gasteiger partial charge >= 0.3 is 0 Å². The molecule has 0 bridgehead atoms. The van der Waals surface area contributed by atoms with Crippen molar-refractivity contribution in [1.82, 2.24) is 5.32 Å². The van der Waals surface area contributed by atoms with Crippen LogP contribution in [-0.2, 0) is 0 Å². The van der Waals surface area contributed by atoms with E-state index in [2.05, 4.69) is 5.32 Å². The van der Waals surface area contributed by atoms with E-state index in [1.807, 2.05) is 13.0 Å². The summed E-state index contributed by atoms with van der Waals surface area (Å²) in [5, 5.41) is 22.1. The fraction of sp³-hybridized carbons (Fsp3) is 0.500. The van der Waals surface area contributed by atoms with Crippen LogP contribution in [0, 0.1) is 0 Å². The first kappa shape index (κ1) is 12.8. The van der Waals surface area contributed by atoms with Gasteiger partial charge in [0.25, 0.3) is 0 Å². The normalized spacial score (nSPS) is 14.5. The molecule has 16 heavy (non-hydrogen) atoms. The first-order chi connectivity index (χ1) is 7.54. The molecule has 2 atom stereocenters. The van der Waals surface area contributed by atoms with Gasteiger partial charge in [0.1, 0.15) is 11.5 Å². The number of phenolic OH excluding ortho intramolecular Hbond substituents is 1. The van der Waals surface area contributed by atoms with Gasteiger partial charge in [0.2, 0.25) is 0 Å². The lowest BCUT2D eigenvalue weighted by molar-refractivity contribution is 0.187. The number of hydrogen-bond acceptors (Lipinski definition) is 4. The fourth-order valence-electron chi connectivity index (χ4n) is 1.47. The maximum Gasteiger partial charge on any atom is 0.124 e. The zero-order valence-electron chi connectivity index (χ0n) is 9.90. The van der Waals surface area contributed by atoms with Crippen molar-refractivity contribution in [2.75, 3.05) is 13.7 Å². The zero-order chi connectivity index (χ0) is 12.1. The van der Waals surface area contributed by atoms with Crippen LogP contribution < -0.4 is 10.1 Å². The minimum Gasteiger partial charge on any atom is -0.507 e. The number of benzene rings is 1. The van der Waals surface area contributed by atoms with Crippen molar-refractivity contribution in [2.45, 2.75) is 26.0 Å². The lowest BCUT2D eigenvalue weighted by atomic mass is 10.1. The van der Waals surface area contributed by atoms with E-state index in [4.69, 9.17) is 9.84 Å². The maximum atomic E-state index is 9.78. The lowest BCUT2D eigenvalue weighted by Crippen LogP contribution is -2.27. The van der Waals surface area contributed by atoms with E-state index in [9.17, 15) is 5.11 Å². The molecule has 0 amide bonds. The van der Waals surface area contributed by atoms with Gasteiger partial charge in [0, 0.05) is 24.2 Å². The molecule has 0 aliphatic rings. The second kappa shape index (κ2) is 5.72. The molecule has 0 saturated carbocycles. The van der Waals surface area contributed by atoms with Crippen molar-refractivity contribution in [2.24, 2.45) is 0 Å². The molecule has 0 spiro atoms. The summed E-state index contributed by atoms with van der Waals surface area (Å²) < 4.78 is 5.01. The molecule has 1 rings (SSSR count). The maximum absolute atomic E-state index is 9.78. The van der Waals surface area contributed by atoms with Gasteiger partial charge in [0.05, 0.1) is 13.2 Å². The number of aliphatic hydroxyl groups is 1. The predicted molar refractivity (Wildman–Crippen MR) is 62.8 cm³/mol. The van der Waals surface area contributed by atoms with E-state index in [0.717, 1.165) is 5.56 Å². The second-order valence-corrected chi connectivity index (χ2v) is 3.90. The van der Waals surface area contributed by atoms with Crippen LogP contribution in [0.2, 0.25) is 0 Å². The molecule has 0 saturated heterocycles. The molecule has 0 heterocycles. The van der Waals surface area contributed by atoms with Crippen LogP contribution in [0.5, 0.6) is 11.5 Å². The van der Waals surface area contributed by atoms with Crippen LogP contribution in [-0.4, -0.2) is 30.0 Å². The third kappa shape index (κ3) is 3.40. The van der Waals surface area contributed by atoms with Crippen molar-refractivity contribution in [3.8, 4) is 11.5 Å². The molecule has 0 aliphatic carbocycles. The zero-order valence-corrected chi connectivity index (χ0v) is 9.90. The monoisotopic (exact) mass is 225 g/mol. The average molecular weight is 225 g/mol. The highest BCUT2D eigenvalue weighted by Crippen LogP contribution is 2.28. The Bertz CT molecular complexity index is 339. The largest absolute Gasteiger partial charge is 0.507 e. The Balaban J connectivity index is 2.71. The van der Waals surface area contributed by atoms with Crippen LogP contribution in [0.15, 0.2) is 18.2 Å². The summed E-state index contributed by atoms with van der Waals surface area (Å²) in [6.07, 6.45) is -0.400. The molecule has 4 nitrogen and oxygen atoms in total. The van der Waals surface area contributed by atoms with E-state index < -0.39 is 6.10 Å². The Morgan fingerprint density at radius 1 is 1.38 bits per heavy atom. The number of phenols is 1. The molecule has 1 unspecified atom stereocenters. The van der Waals surface area contributed by atoms with Crippen molar-refractivity contribution < 1.29 is 14.9 Å². The summed E-state index contributed by atoms with van der Waals surface area (Å²) in [4.78, 5) is 0. The summed E-state index contributed by atoms with van der Waals surface area (Å²) in [6, 6.07) is 5.18. The van der Waals surface area contributed by atoms with Gasteiger partial charge in [-0.05, 0) is 19.9 Å². The molecule has 0 radical (unpaired) electrons. The summed E-state index contributed by atoms with van der Waals surface area (Å²) in [6.45, 7) is 4.14. The standard InChI is InChI=1S/C12H19NO3/c1-8(14)7-13-9(2)11-5-4-10(16-3)6-12(11)15/h4-6,8-9,13-15H,7H2,1-3H3/t8-,9?/m1/s1. The molecule has 90 valence electrons. The SMILES string of the molecule is COc1ccc(C(C)NC[C@@H](C)O)c(O)c1. The minimum atomic E-state index is -0.400. The second-order valence-electron chi connectivity index (χ2n) is 3.90. The first-order valence-corrected chi connectivity index (χ1v) is 5.33. The Morgan fingerprint density at radius 3 is 2.56 bits per heavy atom. The smallest absolute Gasteiger partial charge is 0.124 e. The highest BCUT2D eigenvalue weighted by atomic mass is 16.5. The van der Waals surface area contributed by atoms with E-state index >= 15 is 0 Å². The van der Waals surface area contributed by atoms with Gasteiger partial charge in [-0.25, -0.2) is 0 Å². The van der Waals surface area contributed by atoms with Gasteiger partial charge < -0.3 is 20.3 Å². The van der Waals surface area contributed by atoms with Gasteiger partial charge in [-0.2, -0.15) is 0 Å². The third-order valence-electron chi connectivity index (χ3n) is 2.42. The van der Waals surface area contributed by atoms with Crippen LogP contribution >= 0.6 is 0 Å². The Kier molecular flexibility index (Phi) is 4.58. The number of aromatic hydroxyl groups is 1. The summed E-state index contributed by atoms with van der Waals surface area (Å²) in [7, 11) is 1.56. The number of nitrogens with one attached hydrogen (secondary N) is 1. The fourth-order valence-corrected chi connectivity index (χ4v) is 1.47. The van der Waals surface area contributed by atoms with E-state index in [1.54, 1.807) is 26.2 Å². The predicted octanol–water partition coefficient (Wildman–Crippen LogP) is 1.43. The molecular formula is C12H19NO3. The summed E-state index contributed by atoms with van der Waals surface area (Å²) in [5.41, 5.74) is 0.793. The van der Waals surface area contributed by atoms with Crippen LogP contribution in [0.3, 0.4) is 0 Å². The van der Waals surface area contributed by atoms with E-state index in [-0.39, 0.29) is 11.8 Å². The Hall–Kier alpha value is -1.26. The Labute approximate surface area is 95.9 Å². The lowest BCUT2D eigenvalue weighted by Gasteiger charge is -2.17. The molecule has 0 aromatic heterocycles. The highest BCUT2D eigenvalue weighted by Gasteiger charge is 2.11. The highest BCUT2D eigenvalue weighted by molar-refractivity contribution is 5.41. The third-order valence-corrected chi connectivity index (χ3v) is 2.42. The van der Waals surface area contributed by atoms with Crippen LogP contribution in [0.1, 0.15) is 25.5 Å². The van der Waals surface area contributed by atoms with Crippen LogP contribution in [0.25, 0.3) is 0 Å². The van der Waals surface area contributed by atoms with Gasteiger partial charge in [-0.3, -0.25) is 0 Å². The van der Waals surface area contributed by atoms with Gasteiger partial charge in [0.15, 0.2) is 0 Å². The van der Waals surface area contributed by atoms with E-state index in [0.29, 0.717) is 12.3 Å². The number of ether oxygens (including phenoxy) is 1. The Morgan fingerprint density at radius 2 is 2.06 bits per heavy atom. The molecule has 3 N–H and O–H groups in total. The van der Waals surface area contributed by atoms with Crippen LogP contribution in [0.4, 0.5) is 0 Å². The quantitative estimate of drug-likeness (QED) is 0.709. The van der Waals surface area contributed by atoms with Crippen molar-refractivity contribution in [3.63, 3.8) is 0 Å². The van der Waals surface area contributed by atoms with Gasteiger partial charge in [-0.15, -0.1) is 0 Å². The van der Waals surface area contributed by atoms with Crippen molar-refractivity contribution >= 4 is 0 Å². The molecule has 0 fully saturated rings. The minimum absolute atomic E-state index is 0.0134.